The third-order valence-corrected chi connectivity index (χ3v) is 3.91. The molecule has 0 aliphatic rings. The van der Waals surface area contributed by atoms with Gasteiger partial charge in [0.15, 0.2) is 11.5 Å². The second-order valence-electron chi connectivity index (χ2n) is 5.85. The Morgan fingerprint density at radius 3 is 2.59 bits per heavy atom. The third kappa shape index (κ3) is 5.99. The number of hydrazone groups is 1. The highest BCUT2D eigenvalue weighted by molar-refractivity contribution is 9.10. The van der Waals surface area contributed by atoms with Crippen LogP contribution in [-0.2, 0) is 0 Å². The number of ether oxygens (including phenoxy) is 3. The zero-order valence-corrected chi connectivity index (χ0v) is 17.4. The van der Waals surface area contributed by atoms with Crippen molar-refractivity contribution in [1.82, 2.24) is 5.43 Å². The van der Waals surface area contributed by atoms with E-state index in [0.717, 1.165) is 10.0 Å². The maximum atomic E-state index is 12.3. The van der Waals surface area contributed by atoms with Crippen LogP contribution in [0, 0.1) is 0 Å². The molecule has 6 nitrogen and oxygen atoms in total. The molecule has 144 valence electrons. The summed E-state index contributed by atoms with van der Waals surface area (Å²) in [6.07, 6.45) is 1.59. The zero-order chi connectivity index (χ0) is 19.8. The van der Waals surface area contributed by atoms with Gasteiger partial charge in [0.2, 0.25) is 0 Å². The monoisotopic (exact) mass is 434 g/mol. The Bertz CT molecular complexity index is 822. The average molecular weight is 435 g/mol. The van der Waals surface area contributed by atoms with Crippen LogP contribution in [0.1, 0.15) is 36.7 Å². The summed E-state index contributed by atoms with van der Waals surface area (Å²) in [7, 11) is 1.51. The topological polar surface area (TPSA) is 69.2 Å². The van der Waals surface area contributed by atoms with Crippen LogP contribution in [0.15, 0.2) is 46.0 Å². The van der Waals surface area contributed by atoms with Gasteiger partial charge in [0.05, 0.1) is 31.6 Å². The molecule has 0 radical (unpaired) electrons. The van der Waals surface area contributed by atoms with E-state index in [-0.39, 0.29) is 12.0 Å². The molecule has 0 heterocycles. The Balaban J connectivity index is 2.12. The summed E-state index contributed by atoms with van der Waals surface area (Å²) >= 11 is 3.35. The first kappa shape index (κ1) is 20.8. The minimum atomic E-state index is -0.366. The summed E-state index contributed by atoms with van der Waals surface area (Å²) in [6, 6.07) is 10.7. The van der Waals surface area contributed by atoms with Crippen molar-refractivity contribution in [2.24, 2.45) is 5.10 Å². The number of methoxy groups -OCH3 is 1. The van der Waals surface area contributed by atoms with Gasteiger partial charge in [-0.1, -0.05) is 15.9 Å². The summed E-state index contributed by atoms with van der Waals surface area (Å²) < 4.78 is 17.3. The second-order valence-corrected chi connectivity index (χ2v) is 6.77. The predicted molar refractivity (Wildman–Crippen MR) is 109 cm³/mol. The highest BCUT2D eigenvalue weighted by atomic mass is 79.9. The minimum Gasteiger partial charge on any atom is -0.496 e. The first-order chi connectivity index (χ1) is 12.9. The molecule has 0 aliphatic heterocycles. The van der Waals surface area contributed by atoms with Crippen LogP contribution in [-0.4, -0.2) is 31.9 Å². The smallest absolute Gasteiger partial charge is 0.275 e. The summed E-state index contributed by atoms with van der Waals surface area (Å²) in [4.78, 5) is 12.3. The maximum absolute atomic E-state index is 12.3. The van der Waals surface area contributed by atoms with Gasteiger partial charge < -0.3 is 14.2 Å². The van der Waals surface area contributed by atoms with Gasteiger partial charge in [0, 0.05) is 4.47 Å². The van der Waals surface area contributed by atoms with Crippen LogP contribution in [0.4, 0.5) is 0 Å². The fourth-order valence-corrected chi connectivity index (χ4v) is 2.67. The number of carbonyl (C=O) groups is 1. The summed E-state index contributed by atoms with van der Waals surface area (Å²) in [5.74, 6) is 1.41. The first-order valence-electron chi connectivity index (χ1n) is 8.55. The molecule has 0 aliphatic carbocycles. The predicted octanol–water partition coefficient (Wildman–Crippen LogP) is 4.41. The number of hydrogen-bond donors (Lipinski definition) is 1. The van der Waals surface area contributed by atoms with E-state index in [9.17, 15) is 4.79 Å². The molecule has 0 bridgehead atoms. The zero-order valence-electron chi connectivity index (χ0n) is 15.8. The van der Waals surface area contributed by atoms with Crippen LogP contribution in [0.3, 0.4) is 0 Å². The third-order valence-electron chi connectivity index (χ3n) is 3.42. The van der Waals surface area contributed by atoms with E-state index in [4.69, 9.17) is 14.2 Å². The normalized spacial score (nSPS) is 10.9. The average Bonchev–Trinajstić information content (AvgIpc) is 2.63. The van der Waals surface area contributed by atoms with Gasteiger partial charge in [0.25, 0.3) is 5.91 Å². The molecule has 0 atom stereocenters. The molecule has 1 N–H and O–H groups in total. The Labute approximate surface area is 167 Å². The van der Waals surface area contributed by atoms with Crippen molar-refractivity contribution in [3.8, 4) is 17.2 Å². The molecule has 27 heavy (non-hydrogen) atoms. The van der Waals surface area contributed by atoms with Gasteiger partial charge in [-0.05, 0) is 62.7 Å². The van der Waals surface area contributed by atoms with E-state index < -0.39 is 0 Å². The fourth-order valence-electron chi connectivity index (χ4n) is 2.31. The molecule has 0 aromatic heterocycles. The lowest BCUT2D eigenvalue weighted by molar-refractivity contribution is 0.0952. The summed E-state index contributed by atoms with van der Waals surface area (Å²) in [6.45, 7) is 6.34. The van der Waals surface area contributed by atoms with Gasteiger partial charge in [-0.3, -0.25) is 4.79 Å². The van der Waals surface area contributed by atoms with Gasteiger partial charge in [0.1, 0.15) is 5.75 Å². The molecule has 0 saturated carbocycles. The summed E-state index contributed by atoms with van der Waals surface area (Å²) in [5.41, 5.74) is 3.67. The Kier molecular flexibility index (Phi) is 7.67. The molecule has 7 heteroatoms. The van der Waals surface area contributed by atoms with Gasteiger partial charge in [-0.25, -0.2) is 5.43 Å². The van der Waals surface area contributed by atoms with Gasteiger partial charge in [-0.15, -0.1) is 0 Å². The lowest BCUT2D eigenvalue weighted by Crippen LogP contribution is -2.18. The number of nitrogens with zero attached hydrogens (tertiary/aromatic N) is 1. The molecule has 2 aromatic rings. The highest BCUT2D eigenvalue weighted by Crippen LogP contribution is 2.29. The Morgan fingerprint density at radius 2 is 1.93 bits per heavy atom. The van der Waals surface area contributed by atoms with Crippen molar-refractivity contribution in [2.45, 2.75) is 26.9 Å². The van der Waals surface area contributed by atoms with E-state index in [1.807, 2.05) is 39.0 Å². The Morgan fingerprint density at radius 1 is 1.19 bits per heavy atom. The van der Waals surface area contributed by atoms with Crippen LogP contribution >= 0.6 is 15.9 Å². The SMILES string of the molecule is CCOc1cc(/C=N\NC(=O)c2cc(Br)ccc2OC)ccc1OC(C)C. The van der Waals surface area contributed by atoms with Gasteiger partial charge in [-0.2, -0.15) is 5.10 Å². The van der Waals surface area contributed by atoms with Gasteiger partial charge >= 0.3 is 0 Å². The van der Waals surface area contributed by atoms with E-state index in [1.165, 1.54) is 7.11 Å². The van der Waals surface area contributed by atoms with Crippen LogP contribution < -0.4 is 19.6 Å². The van der Waals surface area contributed by atoms with Crippen LogP contribution in [0.2, 0.25) is 0 Å². The lowest BCUT2D eigenvalue weighted by atomic mass is 10.2. The van der Waals surface area contributed by atoms with Crippen molar-refractivity contribution in [2.75, 3.05) is 13.7 Å². The largest absolute Gasteiger partial charge is 0.496 e. The van der Waals surface area contributed by atoms with Crippen molar-refractivity contribution >= 4 is 28.1 Å². The molecular weight excluding hydrogens is 412 g/mol. The van der Waals surface area contributed by atoms with Crippen molar-refractivity contribution in [3.63, 3.8) is 0 Å². The Hall–Kier alpha value is -2.54. The van der Waals surface area contributed by atoms with E-state index in [2.05, 4.69) is 26.5 Å². The minimum absolute atomic E-state index is 0.0446. The van der Waals surface area contributed by atoms with E-state index >= 15 is 0 Å². The first-order valence-corrected chi connectivity index (χ1v) is 9.34. The number of halogens is 1. The highest BCUT2D eigenvalue weighted by Gasteiger charge is 2.12. The molecule has 2 aromatic carbocycles. The number of nitrogens with one attached hydrogen (secondary N) is 1. The van der Waals surface area contributed by atoms with Crippen LogP contribution in [0.5, 0.6) is 17.2 Å². The van der Waals surface area contributed by atoms with Crippen LogP contribution in [0.25, 0.3) is 0 Å². The fraction of sp³-hybridized carbons (Fsp3) is 0.300. The molecular formula is C20H23BrN2O4. The van der Waals surface area contributed by atoms with Crippen molar-refractivity contribution in [3.05, 3.63) is 52.0 Å². The molecule has 0 spiro atoms. The van der Waals surface area contributed by atoms with E-state index in [0.29, 0.717) is 29.4 Å². The molecule has 2 rings (SSSR count). The molecule has 1 amide bonds. The molecule has 0 fully saturated rings. The number of rotatable bonds is 8. The van der Waals surface area contributed by atoms with Crippen molar-refractivity contribution in [1.29, 1.82) is 0 Å². The number of benzene rings is 2. The number of hydrogen-bond acceptors (Lipinski definition) is 5. The maximum Gasteiger partial charge on any atom is 0.275 e. The molecule has 0 unspecified atom stereocenters. The lowest BCUT2D eigenvalue weighted by Gasteiger charge is -2.14. The van der Waals surface area contributed by atoms with E-state index in [1.54, 1.807) is 24.4 Å². The summed E-state index contributed by atoms with van der Waals surface area (Å²) in [5, 5.41) is 4.02. The second kappa shape index (κ2) is 9.97. The molecule has 0 saturated heterocycles. The van der Waals surface area contributed by atoms with Crippen molar-refractivity contribution < 1.29 is 19.0 Å². The number of amides is 1. The quantitative estimate of drug-likeness (QED) is 0.493. The number of carbonyl (C=O) groups excluding carboxylic acids is 1. The standard InChI is InChI=1S/C20H23BrN2O4/c1-5-26-19-10-14(6-8-18(19)27-13(2)3)12-22-23-20(24)16-11-15(21)7-9-17(16)25-4/h6-13H,5H2,1-4H3,(H,23,24)/b22-12-.